The molecule has 0 N–H and O–H groups in total. The normalized spacial score (nSPS) is 12.0. The van der Waals surface area contributed by atoms with Crippen molar-refractivity contribution in [1.82, 2.24) is 9.97 Å². The van der Waals surface area contributed by atoms with Crippen molar-refractivity contribution < 1.29 is 34.4 Å². The fourth-order valence-corrected chi connectivity index (χ4v) is 1.39. The van der Waals surface area contributed by atoms with Gasteiger partial charge in [0.1, 0.15) is 0 Å². The van der Waals surface area contributed by atoms with Gasteiger partial charge in [-0.1, -0.05) is 0 Å². The molecule has 0 atom stereocenters. The molecule has 0 spiro atoms. The summed E-state index contributed by atoms with van der Waals surface area (Å²) in [7, 11) is 0. The molecule has 1 aromatic heterocycles. The van der Waals surface area contributed by atoms with E-state index in [9.17, 15) is 13.2 Å². The van der Waals surface area contributed by atoms with E-state index in [1.54, 1.807) is 0 Å². The van der Waals surface area contributed by atoms with Crippen LogP contribution in [0.2, 0.25) is 0 Å². The Morgan fingerprint density at radius 3 is 2.08 bits per heavy atom. The van der Waals surface area contributed by atoms with Crippen LogP contribution in [0.25, 0.3) is 0 Å². The molecule has 0 aliphatic heterocycles. The Kier molecular flexibility index (Phi) is 2.86. The number of rotatable bonds is 1. The molecule has 0 unspecified atom stereocenters. The van der Waals surface area contributed by atoms with Crippen molar-refractivity contribution in [2.75, 3.05) is 4.93 Å². The van der Waals surface area contributed by atoms with Crippen LogP contribution in [0.4, 0.5) is 13.2 Å². The van der Waals surface area contributed by atoms with Crippen LogP contribution in [0.3, 0.4) is 0 Å². The standard InChI is InChI=1S/C6H5F3IN2/c1-10-5-11-2-4(3-12-5)6(7,8)9/h2-3H,1H3/q-1. The molecule has 1 heterocycles. The SMILES string of the molecule is C[I-]c1ncc(C(F)(F)F)cn1. The van der Waals surface area contributed by atoms with E-state index in [1.165, 1.54) is 0 Å². The van der Waals surface area contributed by atoms with Crippen LogP contribution in [0.1, 0.15) is 5.56 Å². The number of aromatic nitrogens is 2. The molecule has 0 aromatic carbocycles. The van der Waals surface area contributed by atoms with Crippen molar-refractivity contribution in [3.63, 3.8) is 0 Å². The zero-order valence-corrected chi connectivity index (χ0v) is 8.22. The van der Waals surface area contributed by atoms with Gasteiger partial charge in [0, 0.05) is 0 Å². The van der Waals surface area contributed by atoms with Gasteiger partial charge >= 0.3 is 77.2 Å². The molecule has 0 aliphatic carbocycles. The second-order valence-corrected chi connectivity index (χ2v) is 3.97. The van der Waals surface area contributed by atoms with Gasteiger partial charge in [-0.2, -0.15) is 0 Å². The van der Waals surface area contributed by atoms with Crippen molar-refractivity contribution in [1.29, 1.82) is 0 Å². The van der Waals surface area contributed by atoms with E-state index in [0.717, 1.165) is 12.4 Å². The second kappa shape index (κ2) is 3.55. The molecule has 1 aromatic rings. The average Bonchev–Trinajstić information content (AvgIpc) is 2.03. The van der Waals surface area contributed by atoms with Gasteiger partial charge < -0.3 is 0 Å². The maximum absolute atomic E-state index is 12.0. The first kappa shape index (κ1) is 9.69. The Balaban J connectivity index is 2.93. The van der Waals surface area contributed by atoms with Gasteiger partial charge in [0.05, 0.1) is 0 Å². The molecule has 0 aliphatic rings. The Morgan fingerprint density at radius 1 is 1.25 bits per heavy atom. The van der Waals surface area contributed by atoms with Gasteiger partial charge in [-0.15, -0.1) is 0 Å². The predicted molar refractivity (Wildman–Crippen MR) is 31.7 cm³/mol. The van der Waals surface area contributed by atoms with Crippen LogP contribution in [-0.2, 0) is 6.18 Å². The van der Waals surface area contributed by atoms with E-state index in [-0.39, 0.29) is 21.2 Å². The van der Waals surface area contributed by atoms with Gasteiger partial charge in [0.2, 0.25) is 0 Å². The van der Waals surface area contributed by atoms with Gasteiger partial charge in [0.25, 0.3) is 0 Å². The Labute approximate surface area is 77.5 Å². The molecule has 0 amide bonds. The van der Waals surface area contributed by atoms with Crippen LogP contribution in [0.5, 0.6) is 0 Å². The van der Waals surface area contributed by atoms with Gasteiger partial charge in [0.15, 0.2) is 0 Å². The van der Waals surface area contributed by atoms with Gasteiger partial charge in [-0.25, -0.2) is 0 Å². The van der Waals surface area contributed by atoms with Crippen molar-refractivity contribution in [3.05, 3.63) is 21.8 Å². The number of alkyl halides is 4. The quantitative estimate of drug-likeness (QED) is 0.353. The van der Waals surface area contributed by atoms with E-state index in [4.69, 9.17) is 0 Å². The second-order valence-electron chi connectivity index (χ2n) is 1.93. The fraction of sp³-hybridized carbons (Fsp3) is 0.333. The Morgan fingerprint density at radius 2 is 1.75 bits per heavy atom. The Hall–Kier alpha value is -0.400. The fourth-order valence-electron chi connectivity index (χ4n) is 0.556. The molecule has 2 nitrogen and oxygen atoms in total. The molecule has 0 saturated heterocycles. The summed E-state index contributed by atoms with van der Waals surface area (Å²) in [6.45, 7) is 0. The summed E-state index contributed by atoms with van der Waals surface area (Å²) >= 11 is -0.330. The zero-order valence-electron chi connectivity index (χ0n) is 6.06. The van der Waals surface area contributed by atoms with Crippen LogP contribution in [-0.4, -0.2) is 14.9 Å². The molecule has 0 bridgehead atoms. The predicted octanol–water partition coefficient (Wildman–Crippen LogP) is -1.62. The first-order valence-electron chi connectivity index (χ1n) is 2.92. The van der Waals surface area contributed by atoms with Crippen molar-refractivity contribution in [2.24, 2.45) is 0 Å². The van der Waals surface area contributed by atoms with E-state index < -0.39 is 11.7 Å². The number of hydrogen-bond donors (Lipinski definition) is 0. The van der Waals surface area contributed by atoms with Crippen LogP contribution in [0, 0.1) is 3.83 Å². The molecule has 12 heavy (non-hydrogen) atoms. The number of nitrogens with zero attached hydrogens (tertiary/aromatic N) is 2. The first-order valence-corrected chi connectivity index (χ1v) is 6.16. The molecule has 68 valence electrons. The average molecular weight is 289 g/mol. The van der Waals surface area contributed by atoms with Crippen molar-refractivity contribution in [2.45, 2.75) is 6.18 Å². The molecular formula is C6H5F3IN2-. The molecule has 1 rings (SSSR count). The zero-order chi connectivity index (χ0) is 9.19. The minimum absolute atomic E-state index is 0.330. The van der Waals surface area contributed by atoms with E-state index >= 15 is 0 Å². The summed E-state index contributed by atoms with van der Waals surface area (Å²) in [5, 5.41) is 0. The Bertz CT molecular complexity index is 256. The monoisotopic (exact) mass is 289 g/mol. The molecule has 0 saturated carbocycles. The summed E-state index contributed by atoms with van der Waals surface area (Å²) in [4.78, 5) is 9.05. The third kappa shape index (κ3) is 2.29. The summed E-state index contributed by atoms with van der Waals surface area (Å²) in [6, 6.07) is 0. The minimum atomic E-state index is -4.33. The van der Waals surface area contributed by atoms with E-state index in [2.05, 4.69) is 9.97 Å². The third-order valence-electron chi connectivity index (χ3n) is 1.12. The number of halogens is 4. The van der Waals surface area contributed by atoms with E-state index in [0.29, 0.717) is 3.83 Å². The molecule has 0 radical (unpaired) electrons. The van der Waals surface area contributed by atoms with E-state index in [1.807, 2.05) is 4.93 Å². The topological polar surface area (TPSA) is 25.8 Å². The molecule has 0 fully saturated rings. The van der Waals surface area contributed by atoms with Crippen molar-refractivity contribution >= 4 is 0 Å². The summed E-state index contributed by atoms with van der Waals surface area (Å²) in [5.74, 6) is 0. The molecule has 6 heteroatoms. The molecular weight excluding hydrogens is 284 g/mol. The summed E-state index contributed by atoms with van der Waals surface area (Å²) < 4.78 is 36.4. The summed E-state index contributed by atoms with van der Waals surface area (Å²) in [6.07, 6.45) is -2.68. The van der Waals surface area contributed by atoms with Crippen LogP contribution in [0.15, 0.2) is 12.4 Å². The first-order chi connectivity index (χ1) is 5.54. The van der Waals surface area contributed by atoms with Gasteiger partial charge in [-0.05, 0) is 0 Å². The maximum atomic E-state index is 12.0. The number of hydrogen-bond acceptors (Lipinski definition) is 2. The van der Waals surface area contributed by atoms with Crippen LogP contribution >= 0.6 is 0 Å². The van der Waals surface area contributed by atoms with Gasteiger partial charge in [-0.3, -0.25) is 0 Å². The summed E-state index contributed by atoms with van der Waals surface area (Å²) in [5.41, 5.74) is -0.788. The third-order valence-corrected chi connectivity index (χ3v) is 2.64. The van der Waals surface area contributed by atoms with Crippen LogP contribution < -0.4 is 21.2 Å². The van der Waals surface area contributed by atoms with Crippen molar-refractivity contribution in [3.8, 4) is 0 Å².